The van der Waals surface area contributed by atoms with Crippen LogP contribution in [0.15, 0.2) is 0 Å². The number of ether oxygens (including phenoxy) is 3. The third-order valence-electron chi connectivity index (χ3n) is 12.5. The second kappa shape index (κ2) is 42.1. The van der Waals surface area contributed by atoms with Gasteiger partial charge in [0.1, 0.15) is 12.7 Å². The van der Waals surface area contributed by atoms with Crippen molar-refractivity contribution < 1.29 is 28.6 Å². The van der Waals surface area contributed by atoms with Gasteiger partial charge in [-0.25, -0.2) is 14.4 Å². The maximum atomic E-state index is 13.2. The Balaban J connectivity index is 2.45. The Morgan fingerprint density at radius 3 is 1.07 bits per heavy atom. The summed E-state index contributed by atoms with van der Waals surface area (Å²) in [5.41, 5.74) is -1.22. The van der Waals surface area contributed by atoms with Crippen LogP contribution in [0.2, 0.25) is 0 Å². The van der Waals surface area contributed by atoms with Crippen LogP contribution in [-0.4, -0.2) is 56.2 Å². The highest BCUT2D eigenvalue weighted by molar-refractivity contribution is 5.69. The molecule has 0 aromatic heterocycles. The minimum atomic E-state index is -1.22. The molecular weight excluding hydrogens is 751 g/mol. The van der Waals surface area contributed by atoms with Crippen molar-refractivity contribution in [2.24, 2.45) is 0 Å². The highest BCUT2D eigenvalue weighted by Gasteiger charge is 2.50. The van der Waals surface area contributed by atoms with Crippen molar-refractivity contribution in [3.05, 3.63) is 0 Å². The highest BCUT2D eigenvalue weighted by atomic mass is 16.6. The minimum Gasteiger partial charge on any atom is -0.445 e. The Morgan fingerprint density at radius 1 is 0.417 bits per heavy atom. The third kappa shape index (κ3) is 33.4. The van der Waals surface area contributed by atoms with Crippen LogP contribution in [0.5, 0.6) is 0 Å². The lowest BCUT2D eigenvalue weighted by Gasteiger charge is -2.33. The summed E-state index contributed by atoms with van der Waals surface area (Å²) >= 11 is 0. The van der Waals surface area contributed by atoms with Crippen LogP contribution in [0, 0.1) is 0 Å². The van der Waals surface area contributed by atoms with Crippen molar-refractivity contribution in [1.82, 2.24) is 16.0 Å². The van der Waals surface area contributed by atoms with Gasteiger partial charge in [0.15, 0.2) is 5.60 Å². The summed E-state index contributed by atoms with van der Waals surface area (Å²) in [6.07, 6.45) is 44.8. The molecule has 9 heteroatoms. The van der Waals surface area contributed by atoms with E-state index < -0.39 is 30.0 Å². The maximum Gasteiger partial charge on any atom is 0.407 e. The zero-order valence-electron chi connectivity index (χ0n) is 39.9. The molecule has 3 N–H and O–H groups in total. The number of carbonyl (C=O) groups excluding carboxylic acids is 3. The first-order valence-corrected chi connectivity index (χ1v) is 26.3. The molecule has 0 aromatic rings. The number of carbonyl (C=O) groups is 3. The molecule has 0 radical (unpaired) electrons. The number of hydrogen-bond acceptors (Lipinski definition) is 6. The zero-order valence-corrected chi connectivity index (χ0v) is 39.9. The fourth-order valence-electron chi connectivity index (χ4n) is 8.59. The smallest absolute Gasteiger partial charge is 0.407 e. The predicted octanol–water partition coefficient (Wildman–Crippen LogP) is 15.6. The van der Waals surface area contributed by atoms with Crippen LogP contribution in [0.25, 0.3) is 0 Å². The van der Waals surface area contributed by atoms with Crippen LogP contribution >= 0.6 is 0 Å². The molecule has 9 nitrogen and oxygen atoms in total. The van der Waals surface area contributed by atoms with Gasteiger partial charge in [0.05, 0.1) is 0 Å². The Hall–Kier alpha value is -2.19. The number of hydrogen-bond donors (Lipinski definition) is 3. The minimum absolute atomic E-state index is 0.153. The van der Waals surface area contributed by atoms with Gasteiger partial charge in [0, 0.05) is 19.6 Å². The van der Waals surface area contributed by atoms with Crippen molar-refractivity contribution in [2.75, 3.05) is 26.2 Å². The monoisotopic (exact) mass is 850 g/mol. The predicted molar refractivity (Wildman–Crippen MR) is 252 cm³/mol. The number of nitrogens with one attached hydrogen (secondary N) is 3. The molecule has 2 unspecified atom stereocenters. The summed E-state index contributed by atoms with van der Waals surface area (Å²) in [5.74, 6) is 0. The van der Waals surface area contributed by atoms with E-state index in [9.17, 15) is 14.4 Å². The lowest BCUT2D eigenvalue weighted by atomic mass is 10.0. The van der Waals surface area contributed by atoms with Gasteiger partial charge in [-0.1, -0.05) is 233 Å². The van der Waals surface area contributed by atoms with Crippen molar-refractivity contribution >= 4 is 18.3 Å². The van der Waals surface area contributed by atoms with E-state index in [1.54, 1.807) is 0 Å². The van der Waals surface area contributed by atoms with Gasteiger partial charge in [-0.2, -0.15) is 0 Å². The number of rotatable bonds is 43. The fraction of sp³-hybridized carbons (Fsp3) is 0.941. The average molecular weight is 850 g/mol. The van der Waals surface area contributed by atoms with Gasteiger partial charge in [0.2, 0.25) is 0 Å². The quantitative estimate of drug-likeness (QED) is 0.0416. The molecule has 0 bridgehead atoms. The van der Waals surface area contributed by atoms with Gasteiger partial charge < -0.3 is 30.2 Å². The third-order valence-corrected chi connectivity index (χ3v) is 12.5. The van der Waals surface area contributed by atoms with Crippen LogP contribution in [0.3, 0.4) is 0 Å². The molecule has 60 heavy (non-hydrogen) atoms. The van der Waals surface area contributed by atoms with E-state index in [0.29, 0.717) is 38.9 Å². The van der Waals surface area contributed by atoms with Gasteiger partial charge in [0.25, 0.3) is 0 Å². The molecule has 1 aliphatic rings. The molecule has 1 saturated carbocycles. The molecule has 1 fully saturated rings. The fourth-order valence-corrected chi connectivity index (χ4v) is 8.59. The van der Waals surface area contributed by atoms with Gasteiger partial charge >= 0.3 is 18.3 Å². The van der Waals surface area contributed by atoms with E-state index in [-0.39, 0.29) is 6.61 Å². The Labute approximate surface area is 370 Å². The van der Waals surface area contributed by atoms with E-state index in [0.717, 1.165) is 38.5 Å². The van der Waals surface area contributed by atoms with Crippen molar-refractivity contribution in [1.29, 1.82) is 0 Å². The molecule has 354 valence electrons. The summed E-state index contributed by atoms with van der Waals surface area (Å²) in [7, 11) is 0. The molecule has 0 spiro atoms. The van der Waals surface area contributed by atoms with Crippen molar-refractivity contribution in [3.63, 3.8) is 0 Å². The summed E-state index contributed by atoms with van der Waals surface area (Å²) in [6, 6.07) is 0. The molecular formula is C51H99N3O6. The van der Waals surface area contributed by atoms with Gasteiger partial charge in [-0.3, -0.25) is 0 Å². The molecule has 0 heterocycles. The van der Waals surface area contributed by atoms with Crippen molar-refractivity contribution in [2.45, 2.75) is 283 Å². The second-order valence-electron chi connectivity index (χ2n) is 18.3. The standard InChI is InChI=1S/C51H99N3O6/c1-4-7-10-13-16-19-22-25-28-31-34-37-43-52-48(55)58-46-51(60-50(57)54-45-39-36-33-30-27-24-21-18-15-12-9-6-3)42-40-41-47(51)59-49(56)53-44-38-35-32-29-26-23-20-17-14-11-8-5-2/h47H,4-46H2,1-3H3,(H,52,55)(H,53,56)(H,54,57). The van der Waals surface area contributed by atoms with Crippen LogP contribution in [0.1, 0.15) is 271 Å². The first kappa shape index (κ1) is 55.8. The van der Waals surface area contributed by atoms with E-state index in [2.05, 4.69) is 36.7 Å². The molecule has 0 aliphatic heterocycles. The summed E-state index contributed by atoms with van der Waals surface area (Å²) in [5, 5.41) is 8.71. The topological polar surface area (TPSA) is 115 Å². The SMILES string of the molecule is CCCCCCCCCCCCCCNC(=O)OCC1(OC(=O)NCCCCCCCCCCCCCC)CCCC1OC(=O)NCCCCCCCCCCCCCC. The summed E-state index contributed by atoms with van der Waals surface area (Å²) < 4.78 is 17.6. The molecule has 1 rings (SSSR count). The first-order valence-electron chi connectivity index (χ1n) is 26.3. The van der Waals surface area contributed by atoms with Gasteiger partial charge in [-0.05, 0) is 38.5 Å². The number of unbranched alkanes of at least 4 members (excludes halogenated alkanes) is 33. The van der Waals surface area contributed by atoms with E-state index in [1.165, 1.54) is 193 Å². The zero-order chi connectivity index (χ0) is 43.5. The first-order chi connectivity index (χ1) is 29.5. The lowest BCUT2D eigenvalue weighted by Crippen LogP contribution is -2.52. The summed E-state index contributed by atoms with van der Waals surface area (Å²) in [4.78, 5) is 38.9. The van der Waals surface area contributed by atoms with Crippen LogP contribution in [-0.2, 0) is 14.2 Å². The molecule has 0 saturated heterocycles. The Morgan fingerprint density at radius 2 is 0.717 bits per heavy atom. The Kier molecular flexibility index (Phi) is 39.2. The molecule has 3 amide bonds. The summed E-state index contributed by atoms with van der Waals surface area (Å²) in [6.45, 7) is 8.25. The van der Waals surface area contributed by atoms with E-state index >= 15 is 0 Å². The second-order valence-corrected chi connectivity index (χ2v) is 18.3. The van der Waals surface area contributed by atoms with Gasteiger partial charge in [-0.15, -0.1) is 0 Å². The van der Waals surface area contributed by atoms with Crippen LogP contribution < -0.4 is 16.0 Å². The highest BCUT2D eigenvalue weighted by Crippen LogP contribution is 2.37. The van der Waals surface area contributed by atoms with E-state index in [1.807, 2.05) is 0 Å². The molecule has 1 aliphatic carbocycles. The maximum absolute atomic E-state index is 13.2. The average Bonchev–Trinajstić information content (AvgIpc) is 3.62. The number of amides is 3. The molecule has 0 aromatic carbocycles. The van der Waals surface area contributed by atoms with E-state index in [4.69, 9.17) is 14.2 Å². The largest absolute Gasteiger partial charge is 0.445 e. The molecule has 2 atom stereocenters. The normalized spacial score (nSPS) is 16.1. The van der Waals surface area contributed by atoms with Crippen molar-refractivity contribution in [3.8, 4) is 0 Å². The lowest BCUT2D eigenvalue weighted by molar-refractivity contribution is -0.0962. The Bertz CT molecular complexity index is 983. The van der Waals surface area contributed by atoms with Crippen LogP contribution in [0.4, 0.5) is 14.4 Å². The number of alkyl carbamates (subject to hydrolysis) is 3.